The summed E-state index contributed by atoms with van der Waals surface area (Å²) in [4.78, 5) is 11.9. The zero-order valence-corrected chi connectivity index (χ0v) is 9.95. The van der Waals surface area contributed by atoms with Gasteiger partial charge < -0.3 is 0 Å². The highest BCUT2D eigenvalue weighted by Gasteiger charge is 2.26. The van der Waals surface area contributed by atoms with Crippen LogP contribution in [0.1, 0.15) is 12.0 Å². The van der Waals surface area contributed by atoms with E-state index in [1.54, 1.807) is 10.9 Å². The first kappa shape index (κ1) is 10.7. The van der Waals surface area contributed by atoms with E-state index in [1.807, 2.05) is 43.6 Å². The van der Waals surface area contributed by atoms with Gasteiger partial charge in [0.05, 0.1) is 24.0 Å². The van der Waals surface area contributed by atoms with Gasteiger partial charge in [-0.05, 0) is 12.1 Å². The van der Waals surface area contributed by atoms with Crippen LogP contribution in [-0.4, -0.2) is 21.4 Å². The first-order valence-electron chi connectivity index (χ1n) is 5.68. The van der Waals surface area contributed by atoms with Gasteiger partial charge in [0.1, 0.15) is 0 Å². The molecule has 1 aromatic carbocycles. The molecule has 0 spiro atoms. The predicted molar refractivity (Wildman–Crippen MR) is 68.3 cm³/mol. The molecule has 2 aromatic rings. The number of aryl methyl sites for hydroxylation is 1. The summed E-state index contributed by atoms with van der Waals surface area (Å²) in [5.41, 5.74) is 2.45. The van der Waals surface area contributed by atoms with Crippen LogP contribution in [0, 0.1) is 0 Å². The summed E-state index contributed by atoms with van der Waals surface area (Å²) < 4.78 is 1.70. The van der Waals surface area contributed by atoms with E-state index in [4.69, 9.17) is 0 Å². The van der Waals surface area contributed by atoms with Gasteiger partial charge in [-0.2, -0.15) is 10.2 Å². The Balaban J connectivity index is 1.94. The lowest BCUT2D eigenvalue weighted by Gasteiger charge is -2.10. The monoisotopic (exact) mass is 240 g/mol. The van der Waals surface area contributed by atoms with Crippen molar-refractivity contribution in [2.75, 3.05) is 5.01 Å². The lowest BCUT2D eigenvalue weighted by molar-refractivity contribution is -0.116. The van der Waals surface area contributed by atoms with Gasteiger partial charge in [0.25, 0.3) is 5.91 Å². The molecule has 0 saturated heterocycles. The SMILES string of the molecule is Cn1cc(C2=NN(c3ccccc3)C(=O)C2)cn1. The third kappa shape index (κ3) is 1.79. The fourth-order valence-electron chi connectivity index (χ4n) is 1.93. The van der Waals surface area contributed by atoms with Crippen LogP contribution >= 0.6 is 0 Å². The third-order valence-corrected chi connectivity index (χ3v) is 2.81. The average molecular weight is 240 g/mol. The average Bonchev–Trinajstić information content (AvgIpc) is 2.97. The molecule has 18 heavy (non-hydrogen) atoms. The Labute approximate surface area is 104 Å². The Hall–Kier alpha value is -2.43. The number of para-hydroxylation sites is 1. The molecule has 1 aliphatic rings. The highest BCUT2D eigenvalue weighted by atomic mass is 16.2. The van der Waals surface area contributed by atoms with Crippen LogP contribution in [0.3, 0.4) is 0 Å². The van der Waals surface area contributed by atoms with Gasteiger partial charge in [-0.15, -0.1) is 0 Å². The number of carbonyl (C=O) groups is 1. The van der Waals surface area contributed by atoms with Gasteiger partial charge in [0.2, 0.25) is 0 Å². The van der Waals surface area contributed by atoms with E-state index in [2.05, 4.69) is 10.2 Å². The maximum absolute atomic E-state index is 11.9. The number of hydrogen-bond acceptors (Lipinski definition) is 3. The lowest BCUT2D eigenvalue weighted by Crippen LogP contribution is -2.19. The van der Waals surface area contributed by atoms with Crippen molar-refractivity contribution in [3.05, 3.63) is 48.3 Å². The molecule has 0 bridgehead atoms. The Morgan fingerprint density at radius 2 is 2.00 bits per heavy atom. The molecular formula is C13H12N4O. The number of carbonyl (C=O) groups excluding carboxylic acids is 1. The molecule has 90 valence electrons. The maximum Gasteiger partial charge on any atom is 0.253 e. The van der Waals surface area contributed by atoms with E-state index < -0.39 is 0 Å². The molecule has 0 N–H and O–H groups in total. The fourth-order valence-corrected chi connectivity index (χ4v) is 1.93. The predicted octanol–water partition coefficient (Wildman–Crippen LogP) is 1.56. The van der Waals surface area contributed by atoms with Crippen molar-refractivity contribution in [3.63, 3.8) is 0 Å². The molecule has 0 fully saturated rings. The molecule has 3 rings (SSSR count). The van der Waals surface area contributed by atoms with Crippen LogP contribution in [0.15, 0.2) is 47.8 Å². The zero-order chi connectivity index (χ0) is 12.5. The molecule has 0 aliphatic carbocycles. The summed E-state index contributed by atoms with van der Waals surface area (Å²) in [6.45, 7) is 0. The Kier molecular flexibility index (Phi) is 2.44. The highest BCUT2D eigenvalue weighted by Crippen LogP contribution is 2.22. The molecule has 5 nitrogen and oxygen atoms in total. The largest absolute Gasteiger partial charge is 0.275 e. The Bertz CT molecular complexity index is 615. The van der Waals surface area contributed by atoms with Crippen LogP contribution in [0.4, 0.5) is 5.69 Å². The second kappa shape index (κ2) is 4.10. The molecule has 5 heteroatoms. The second-order valence-corrected chi connectivity index (χ2v) is 4.17. The maximum atomic E-state index is 11.9. The smallest absolute Gasteiger partial charge is 0.253 e. The summed E-state index contributed by atoms with van der Waals surface area (Å²) >= 11 is 0. The van der Waals surface area contributed by atoms with Crippen molar-refractivity contribution in [2.45, 2.75) is 6.42 Å². The van der Waals surface area contributed by atoms with E-state index in [0.717, 1.165) is 17.0 Å². The molecule has 0 radical (unpaired) electrons. The number of benzene rings is 1. The van der Waals surface area contributed by atoms with Crippen LogP contribution in [0.25, 0.3) is 0 Å². The van der Waals surface area contributed by atoms with E-state index >= 15 is 0 Å². The third-order valence-electron chi connectivity index (χ3n) is 2.81. The Morgan fingerprint density at radius 1 is 1.22 bits per heavy atom. The highest BCUT2D eigenvalue weighted by molar-refractivity contribution is 6.19. The van der Waals surface area contributed by atoms with Crippen molar-refractivity contribution >= 4 is 17.3 Å². The van der Waals surface area contributed by atoms with Crippen molar-refractivity contribution in [1.29, 1.82) is 0 Å². The molecule has 1 amide bonds. The van der Waals surface area contributed by atoms with Crippen molar-refractivity contribution in [3.8, 4) is 0 Å². The quantitative estimate of drug-likeness (QED) is 0.799. The lowest BCUT2D eigenvalue weighted by atomic mass is 10.1. The summed E-state index contributed by atoms with van der Waals surface area (Å²) in [5.74, 6) is -0.0138. The number of nitrogens with zero attached hydrogens (tertiary/aromatic N) is 4. The Morgan fingerprint density at radius 3 is 2.67 bits per heavy atom. The number of amides is 1. The topological polar surface area (TPSA) is 50.5 Å². The van der Waals surface area contributed by atoms with Crippen LogP contribution in [0.2, 0.25) is 0 Å². The summed E-state index contributed by atoms with van der Waals surface area (Å²) in [5, 5.41) is 9.91. The molecule has 1 aliphatic heterocycles. The van der Waals surface area contributed by atoms with Gasteiger partial charge in [0.15, 0.2) is 0 Å². The number of hydrazone groups is 1. The molecule has 0 saturated carbocycles. The number of aromatic nitrogens is 2. The van der Waals surface area contributed by atoms with E-state index in [-0.39, 0.29) is 5.91 Å². The molecule has 0 atom stereocenters. The first-order valence-corrected chi connectivity index (χ1v) is 5.68. The number of anilines is 1. The molecule has 0 unspecified atom stereocenters. The van der Waals surface area contributed by atoms with Gasteiger partial charge in [-0.1, -0.05) is 18.2 Å². The minimum atomic E-state index is -0.0138. The molecule has 1 aromatic heterocycles. The normalized spacial score (nSPS) is 15.1. The minimum Gasteiger partial charge on any atom is -0.275 e. The van der Waals surface area contributed by atoms with E-state index in [9.17, 15) is 4.79 Å². The van der Waals surface area contributed by atoms with E-state index in [0.29, 0.717) is 6.42 Å². The van der Waals surface area contributed by atoms with Crippen LogP contribution in [0.5, 0.6) is 0 Å². The minimum absolute atomic E-state index is 0.0138. The van der Waals surface area contributed by atoms with Gasteiger partial charge in [-0.3, -0.25) is 9.48 Å². The number of hydrogen-bond donors (Lipinski definition) is 0. The second-order valence-electron chi connectivity index (χ2n) is 4.17. The molecular weight excluding hydrogens is 228 g/mol. The van der Waals surface area contributed by atoms with Crippen molar-refractivity contribution < 1.29 is 4.79 Å². The van der Waals surface area contributed by atoms with Gasteiger partial charge in [-0.25, -0.2) is 5.01 Å². The van der Waals surface area contributed by atoms with Gasteiger partial charge in [0, 0.05) is 18.8 Å². The van der Waals surface area contributed by atoms with Gasteiger partial charge >= 0.3 is 0 Å². The summed E-state index contributed by atoms with van der Waals surface area (Å²) in [6.07, 6.45) is 3.90. The van der Waals surface area contributed by atoms with Crippen LogP contribution in [-0.2, 0) is 11.8 Å². The van der Waals surface area contributed by atoms with E-state index in [1.165, 1.54) is 5.01 Å². The summed E-state index contributed by atoms with van der Waals surface area (Å²) in [7, 11) is 1.84. The standard InChI is InChI=1S/C13H12N4O/c1-16-9-10(8-14-16)12-7-13(18)17(15-12)11-5-3-2-4-6-11/h2-6,8-9H,7H2,1H3. The molecule has 2 heterocycles. The summed E-state index contributed by atoms with van der Waals surface area (Å²) in [6, 6.07) is 9.43. The van der Waals surface area contributed by atoms with Crippen LogP contribution < -0.4 is 5.01 Å². The fraction of sp³-hybridized carbons (Fsp3) is 0.154. The van der Waals surface area contributed by atoms with Crippen molar-refractivity contribution in [1.82, 2.24) is 9.78 Å². The van der Waals surface area contributed by atoms with Crippen molar-refractivity contribution in [2.24, 2.45) is 12.1 Å². The zero-order valence-electron chi connectivity index (χ0n) is 9.95. The number of rotatable bonds is 2. The first-order chi connectivity index (χ1) is 8.74.